The van der Waals surface area contributed by atoms with Gasteiger partial charge in [0.2, 0.25) is 0 Å². The lowest BCUT2D eigenvalue weighted by Gasteiger charge is -2.10. The van der Waals surface area contributed by atoms with Gasteiger partial charge in [0.15, 0.2) is 5.78 Å². The molecule has 0 aliphatic rings. The van der Waals surface area contributed by atoms with E-state index in [0.717, 1.165) is 6.42 Å². The van der Waals surface area contributed by atoms with Crippen LogP contribution < -0.4 is 0 Å². The molecule has 0 aromatic rings. The SMILES string of the molecule is C=C(C(=O)C(=CCCC)CC)C(F)(F)F. The molecule has 0 amide bonds. The van der Waals surface area contributed by atoms with E-state index in [1.807, 2.05) is 6.92 Å². The van der Waals surface area contributed by atoms with Crippen molar-refractivity contribution < 1.29 is 18.0 Å². The van der Waals surface area contributed by atoms with Crippen molar-refractivity contribution in [3.63, 3.8) is 0 Å². The molecule has 0 heterocycles. The highest BCUT2D eigenvalue weighted by Crippen LogP contribution is 2.27. The summed E-state index contributed by atoms with van der Waals surface area (Å²) in [5.41, 5.74) is -1.09. The fraction of sp³-hybridized carbons (Fsp3) is 0.545. The van der Waals surface area contributed by atoms with Crippen LogP contribution in [0.3, 0.4) is 0 Å². The van der Waals surface area contributed by atoms with E-state index in [4.69, 9.17) is 0 Å². The van der Waals surface area contributed by atoms with Gasteiger partial charge in [0.1, 0.15) is 0 Å². The van der Waals surface area contributed by atoms with Crippen molar-refractivity contribution in [3.05, 3.63) is 23.8 Å². The minimum absolute atomic E-state index is 0.194. The molecule has 1 nitrogen and oxygen atoms in total. The van der Waals surface area contributed by atoms with Crippen molar-refractivity contribution in [1.82, 2.24) is 0 Å². The van der Waals surface area contributed by atoms with E-state index in [1.165, 1.54) is 0 Å². The van der Waals surface area contributed by atoms with Crippen LogP contribution in [0.2, 0.25) is 0 Å². The van der Waals surface area contributed by atoms with Gasteiger partial charge in [-0.3, -0.25) is 4.79 Å². The van der Waals surface area contributed by atoms with E-state index in [-0.39, 0.29) is 5.57 Å². The van der Waals surface area contributed by atoms with Crippen LogP contribution in [-0.2, 0) is 4.79 Å². The fourth-order valence-electron chi connectivity index (χ4n) is 1.04. The summed E-state index contributed by atoms with van der Waals surface area (Å²) >= 11 is 0. The Bertz CT molecular complexity index is 274. The predicted molar refractivity (Wildman–Crippen MR) is 53.5 cm³/mol. The summed E-state index contributed by atoms with van der Waals surface area (Å²) in [6, 6.07) is 0. The molecule has 86 valence electrons. The zero-order valence-electron chi connectivity index (χ0n) is 8.95. The molecule has 0 aromatic carbocycles. The third-order valence-corrected chi connectivity index (χ3v) is 1.97. The van der Waals surface area contributed by atoms with Crippen LogP contribution in [-0.4, -0.2) is 12.0 Å². The Hall–Kier alpha value is -1.06. The first kappa shape index (κ1) is 13.9. The molecule has 0 bridgehead atoms. The van der Waals surface area contributed by atoms with Crippen LogP contribution in [0.4, 0.5) is 13.2 Å². The van der Waals surface area contributed by atoms with Crippen LogP contribution in [0.15, 0.2) is 23.8 Å². The second-order valence-electron chi connectivity index (χ2n) is 3.18. The van der Waals surface area contributed by atoms with Crippen molar-refractivity contribution in [2.24, 2.45) is 0 Å². The zero-order chi connectivity index (χ0) is 12.1. The summed E-state index contributed by atoms with van der Waals surface area (Å²) < 4.78 is 36.5. The van der Waals surface area contributed by atoms with Gasteiger partial charge in [-0.1, -0.05) is 32.9 Å². The molecule has 0 N–H and O–H groups in total. The number of unbranched alkanes of at least 4 members (excludes halogenated alkanes) is 1. The number of carbonyl (C=O) groups excluding carboxylic acids is 1. The Balaban J connectivity index is 4.75. The molecule has 0 radical (unpaired) electrons. The van der Waals surface area contributed by atoms with E-state index in [0.29, 0.717) is 12.8 Å². The second kappa shape index (κ2) is 5.73. The number of ketones is 1. The predicted octanol–water partition coefficient (Wildman–Crippen LogP) is 3.81. The van der Waals surface area contributed by atoms with Crippen molar-refractivity contribution in [1.29, 1.82) is 0 Å². The van der Waals surface area contributed by atoms with E-state index >= 15 is 0 Å². The van der Waals surface area contributed by atoms with Gasteiger partial charge in [-0.15, -0.1) is 0 Å². The van der Waals surface area contributed by atoms with Crippen molar-refractivity contribution in [2.45, 2.75) is 39.3 Å². The Morgan fingerprint density at radius 3 is 2.20 bits per heavy atom. The number of Topliss-reactive ketones (excluding diaryl/α,β-unsaturated/α-hetero) is 1. The standard InChI is InChI=1S/C11H15F3O/c1-4-6-7-9(5-2)10(15)8(3)11(12,13)14/h7H,3-6H2,1-2H3. The van der Waals surface area contributed by atoms with Gasteiger partial charge in [0.05, 0.1) is 5.57 Å². The van der Waals surface area contributed by atoms with Crippen LogP contribution in [0.1, 0.15) is 33.1 Å². The Morgan fingerprint density at radius 2 is 1.87 bits per heavy atom. The molecule has 4 heteroatoms. The number of halogens is 3. The third kappa shape index (κ3) is 4.32. The van der Waals surface area contributed by atoms with Gasteiger partial charge in [0, 0.05) is 0 Å². The fourth-order valence-corrected chi connectivity index (χ4v) is 1.04. The highest BCUT2D eigenvalue weighted by molar-refractivity contribution is 6.08. The molecule has 0 saturated carbocycles. The van der Waals surface area contributed by atoms with Gasteiger partial charge in [-0.2, -0.15) is 13.2 Å². The Kier molecular flexibility index (Phi) is 5.33. The van der Waals surface area contributed by atoms with E-state index in [2.05, 4.69) is 6.58 Å². The van der Waals surface area contributed by atoms with E-state index in [1.54, 1.807) is 13.0 Å². The van der Waals surface area contributed by atoms with Crippen LogP contribution >= 0.6 is 0 Å². The number of alkyl halides is 3. The largest absolute Gasteiger partial charge is 0.419 e. The molecular formula is C11H15F3O. The molecule has 0 rings (SSSR count). The number of carbonyl (C=O) groups is 1. The smallest absolute Gasteiger partial charge is 0.289 e. The maximum Gasteiger partial charge on any atom is 0.419 e. The van der Waals surface area contributed by atoms with Crippen LogP contribution in [0, 0.1) is 0 Å². The average molecular weight is 220 g/mol. The first-order valence-corrected chi connectivity index (χ1v) is 4.84. The van der Waals surface area contributed by atoms with Gasteiger partial charge in [-0.05, 0) is 18.4 Å². The van der Waals surface area contributed by atoms with Crippen molar-refractivity contribution in [3.8, 4) is 0 Å². The molecule has 15 heavy (non-hydrogen) atoms. The average Bonchev–Trinajstić information content (AvgIpc) is 2.16. The van der Waals surface area contributed by atoms with E-state index < -0.39 is 17.5 Å². The number of allylic oxidation sites excluding steroid dienone is 3. The molecule has 0 aliphatic carbocycles. The maximum absolute atomic E-state index is 12.2. The Morgan fingerprint density at radius 1 is 1.33 bits per heavy atom. The molecule has 0 aliphatic heterocycles. The normalized spacial score (nSPS) is 12.7. The third-order valence-electron chi connectivity index (χ3n) is 1.97. The summed E-state index contributed by atoms with van der Waals surface area (Å²) in [6.45, 7) is 6.34. The lowest BCUT2D eigenvalue weighted by molar-refractivity contribution is -0.125. The topological polar surface area (TPSA) is 17.1 Å². The van der Waals surface area contributed by atoms with Gasteiger partial charge >= 0.3 is 6.18 Å². The molecule has 0 saturated heterocycles. The van der Waals surface area contributed by atoms with Crippen LogP contribution in [0.5, 0.6) is 0 Å². The summed E-state index contributed by atoms with van der Waals surface area (Å²) in [6.07, 6.45) is -1.36. The number of rotatable bonds is 5. The monoisotopic (exact) mass is 220 g/mol. The minimum Gasteiger partial charge on any atom is -0.289 e. The summed E-state index contributed by atoms with van der Waals surface area (Å²) in [4.78, 5) is 11.3. The van der Waals surface area contributed by atoms with Crippen molar-refractivity contribution in [2.75, 3.05) is 0 Å². The lowest BCUT2D eigenvalue weighted by Crippen LogP contribution is -2.20. The van der Waals surface area contributed by atoms with Gasteiger partial charge in [-0.25, -0.2) is 0 Å². The molecule has 0 spiro atoms. The minimum atomic E-state index is -4.63. The second-order valence-corrected chi connectivity index (χ2v) is 3.18. The molecule has 0 aromatic heterocycles. The lowest BCUT2D eigenvalue weighted by atomic mass is 10.0. The molecule has 0 fully saturated rings. The molecule has 0 atom stereocenters. The highest BCUT2D eigenvalue weighted by Gasteiger charge is 2.37. The summed E-state index contributed by atoms with van der Waals surface area (Å²) in [5, 5.41) is 0. The maximum atomic E-state index is 12.2. The summed E-state index contributed by atoms with van der Waals surface area (Å²) in [5.74, 6) is -0.988. The quantitative estimate of drug-likeness (QED) is 0.644. The number of hydrogen-bond donors (Lipinski definition) is 0. The Labute approximate surface area is 87.7 Å². The van der Waals surface area contributed by atoms with Gasteiger partial charge in [0.25, 0.3) is 0 Å². The van der Waals surface area contributed by atoms with E-state index in [9.17, 15) is 18.0 Å². The first-order valence-electron chi connectivity index (χ1n) is 4.84. The summed E-state index contributed by atoms with van der Waals surface area (Å²) in [7, 11) is 0. The van der Waals surface area contributed by atoms with Gasteiger partial charge < -0.3 is 0 Å². The van der Waals surface area contributed by atoms with Crippen LogP contribution in [0.25, 0.3) is 0 Å². The van der Waals surface area contributed by atoms with Crippen molar-refractivity contribution >= 4 is 5.78 Å². The number of hydrogen-bond acceptors (Lipinski definition) is 1. The molecular weight excluding hydrogens is 205 g/mol. The highest BCUT2D eigenvalue weighted by atomic mass is 19.4. The first-order chi connectivity index (χ1) is 6.84. The molecule has 0 unspecified atom stereocenters. The zero-order valence-corrected chi connectivity index (χ0v) is 8.95.